The summed E-state index contributed by atoms with van der Waals surface area (Å²) >= 11 is 0. The van der Waals surface area contributed by atoms with Crippen molar-refractivity contribution in [1.29, 1.82) is 0 Å². The molecule has 5 nitrogen and oxygen atoms in total. The number of carboxylic acids is 1. The zero-order valence-corrected chi connectivity index (χ0v) is 11.5. The van der Waals surface area contributed by atoms with E-state index in [4.69, 9.17) is 9.52 Å². The van der Waals surface area contributed by atoms with Gasteiger partial charge in [-0.15, -0.1) is 0 Å². The minimum absolute atomic E-state index is 0.0938. The van der Waals surface area contributed by atoms with E-state index >= 15 is 0 Å². The first-order chi connectivity index (χ1) is 10.2. The van der Waals surface area contributed by atoms with Gasteiger partial charge in [0.2, 0.25) is 0 Å². The van der Waals surface area contributed by atoms with Gasteiger partial charge < -0.3 is 9.52 Å². The summed E-state index contributed by atoms with van der Waals surface area (Å²) in [5, 5.41) is 11.1. The van der Waals surface area contributed by atoms with Crippen LogP contribution in [0.5, 0.6) is 0 Å². The lowest BCUT2D eigenvalue weighted by atomic mass is 10.1. The van der Waals surface area contributed by atoms with Crippen molar-refractivity contribution >= 4 is 28.4 Å². The zero-order chi connectivity index (χ0) is 14.8. The number of carboxylic acid groups (broad SMARTS) is 1. The van der Waals surface area contributed by atoms with E-state index in [0.29, 0.717) is 6.54 Å². The van der Waals surface area contributed by atoms with Gasteiger partial charge in [-0.3, -0.25) is 4.90 Å². The van der Waals surface area contributed by atoms with Crippen LogP contribution in [0.1, 0.15) is 17.4 Å². The Morgan fingerprint density at radius 3 is 2.71 bits per heavy atom. The molecular formula is C16H14N2O3. The van der Waals surface area contributed by atoms with Crippen molar-refractivity contribution in [2.24, 2.45) is 0 Å². The molecule has 0 atom stereocenters. The second-order valence-electron chi connectivity index (χ2n) is 4.56. The number of hydrogen-bond acceptors (Lipinski definition) is 4. The van der Waals surface area contributed by atoms with E-state index < -0.39 is 5.97 Å². The van der Waals surface area contributed by atoms with E-state index in [-0.39, 0.29) is 11.7 Å². The van der Waals surface area contributed by atoms with Crippen LogP contribution in [-0.4, -0.2) is 22.6 Å². The Morgan fingerprint density at radius 1 is 1.24 bits per heavy atom. The van der Waals surface area contributed by atoms with Crippen molar-refractivity contribution < 1.29 is 14.3 Å². The van der Waals surface area contributed by atoms with Gasteiger partial charge in [0, 0.05) is 11.9 Å². The Bertz CT molecular complexity index is 790. The van der Waals surface area contributed by atoms with Crippen LogP contribution in [0.15, 0.2) is 53.1 Å². The molecule has 5 heteroatoms. The summed E-state index contributed by atoms with van der Waals surface area (Å²) in [6.45, 7) is 2.58. The molecule has 0 radical (unpaired) electrons. The van der Waals surface area contributed by atoms with Gasteiger partial charge in [0.05, 0.1) is 5.69 Å². The molecule has 0 aliphatic heterocycles. The number of anilines is 2. The number of oxazole rings is 1. The molecule has 0 aliphatic carbocycles. The average Bonchev–Trinajstić information content (AvgIpc) is 2.98. The highest BCUT2D eigenvalue weighted by Crippen LogP contribution is 2.31. The van der Waals surface area contributed by atoms with Crippen LogP contribution in [-0.2, 0) is 0 Å². The Kier molecular flexibility index (Phi) is 3.31. The molecule has 0 aliphatic rings. The van der Waals surface area contributed by atoms with E-state index in [9.17, 15) is 4.79 Å². The molecule has 3 aromatic rings. The molecule has 0 fully saturated rings. The fourth-order valence-electron chi connectivity index (χ4n) is 2.34. The minimum Gasteiger partial charge on any atom is -0.476 e. The van der Waals surface area contributed by atoms with E-state index in [1.807, 2.05) is 54.3 Å². The molecule has 3 rings (SSSR count). The third kappa shape index (κ3) is 2.33. The lowest BCUT2D eigenvalue weighted by molar-refractivity contribution is 0.0690. The Hall–Kier alpha value is -2.82. The zero-order valence-electron chi connectivity index (χ0n) is 11.5. The molecule has 0 saturated heterocycles. The highest BCUT2D eigenvalue weighted by atomic mass is 16.4. The minimum atomic E-state index is -1.10. The second kappa shape index (κ2) is 5.28. The monoisotopic (exact) mass is 282 g/mol. The number of hydrogen-bond donors (Lipinski definition) is 1. The topological polar surface area (TPSA) is 66.6 Å². The normalized spacial score (nSPS) is 10.7. The number of aromatic nitrogens is 1. The number of rotatable bonds is 4. The Labute approximate surface area is 121 Å². The number of carbonyl (C=O) groups is 1. The fraction of sp³-hybridized carbons (Fsp3) is 0.125. The van der Waals surface area contributed by atoms with E-state index in [2.05, 4.69) is 4.98 Å². The van der Waals surface area contributed by atoms with Crippen molar-refractivity contribution in [2.75, 3.05) is 11.4 Å². The molecule has 21 heavy (non-hydrogen) atoms. The van der Waals surface area contributed by atoms with Crippen LogP contribution < -0.4 is 4.90 Å². The van der Waals surface area contributed by atoms with Crippen molar-refractivity contribution in [3.05, 3.63) is 54.4 Å². The summed E-state index contributed by atoms with van der Waals surface area (Å²) < 4.78 is 5.32. The SMILES string of the molecule is CCN(c1nc(C(=O)O)co1)c1cccc2ccccc12. The van der Waals surface area contributed by atoms with Crippen molar-refractivity contribution in [3.63, 3.8) is 0 Å². The van der Waals surface area contributed by atoms with Gasteiger partial charge in [-0.1, -0.05) is 36.4 Å². The van der Waals surface area contributed by atoms with Gasteiger partial charge in [-0.2, -0.15) is 4.98 Å². The van der Waals surface area contributed by atoms with Gasteiger partial charge in [-0.25, -0.2) is 4.79 Å². The van der Waals surface area contributed by atoms with Gasteiger partial charge in [-0.05, 0) is 18.4 Å². The summed E-state index contributed by atoms with van der Waals surface area (Å²) in [7, 11) is 0. The van der Waals surface area contributed by atoms with Crippen LogP contribution in [0.25, 0.3) is 10.8 Å². The van der Waals surface area contributed by atoms with Gasteiger partial charge in [0.25, 0.3) is 0 Å². The first-order valence-corrected chi connectivity index (χ1v) is 6.65. The molecule has 1 aromatic heterocycles. The molecule has 0 saturated carbocycles. The van der Waals surface area contributed by atoms with Gasteiger partial charge in [0.1, 0.15) is 6.26 Å². The van der Waals surface area contributed by atoms with Gasteiger partial charge >= 0.3 is 12.0 Å². The first kappa shape index (κ1) is 13.2. The van der Waals surface area contributed by atoms with Crippen LogP contribution in [0.4, 0.5) is 11.7 Å². The molecule has 2 aromatic carbocycles. The van der Waals surface area contributed by atoms with Crippen LogP contribution in [0.3, 0.4) is 0 Å². The first-order valence-electron chi connectivity index (χ1n) is 6.65. The van der Waals surface area contributed by atoms with Gasteiger partial charge in [0.15, 0.2) is 5.69 Å². The quantitative estimate of drug-likeness (QED) is 0.790. The molecule has 0 unspecified atom stereocenters. The number of benzene rings is 2. The highest BCUT2D eigenvalue weighted by molar-refractivity contribution is 5.95. The maximum absolute atomic E-state index is 10.9. The Balaban J connectivity index is 2.11. The molecular weight excluding hydrogens is 268 g/mol. The van der Waals surface area contributed by atoms with E-state index in [0.717, 1.165) is 22.7 Å². The van der Waals surface area contributed by atoms with E-state index in [1.54, 1.807) is 0 Å². The van der Waals surface area contributed by atoms with Crippen molar-refractivity contribution in [3.8, 4) is 0 Å². The predicted molar refractivity (Wildman–Crippen MR) is 80.1 cm³/mol. The highest BCUT2D eigenvalue weighted by Gasteiger charge is 2.18. The third-order valence-corrected chi connectivity index (χ3v) is 3.32. The summed E-state index contributed by atoms with van der Waals surface area (Å²) in [5.41, 5.74) is 0.845. The Morgan fingerprint density at radius 2 is 2.00 bits per heavy atom. The number of aromatic carboxylic acids is 1. The fourth-order valence-corrected chi connectivity index (χ4v) is 2.34. The molecule has 0 amide bonds. The number of nitrogens with zero attached hydrogens (tertiary/aromatic N) is 2. The maximum atomic E-state index is 10.9. The molecule has 0 bridgehead atoms. The van der Waals surface area contributed by atoms with Crippen molar-refractivity contribution in [2.45, 2.75) is 6.92 Å². The lowest BCUT2D eigenvalue weighted by Gasteiger charge is -2.20. The van der Waals surface area contributed by atoms with Crippen LogP contribution >= 0.6 is 0 Å². The number of fused-ring (bicyclic) bond motifs is 1. The molecule has 1 heterocycles. The van der Waals surface area contributed by atoms with E-state index in [1.165, 1.54) is 0 Å². The summed E-state index contributed by atoms with van der Waals surface area (Å²) in [4.78, 5) is 16.8. The standard InChI is InChI=1S/C16H14N2O3/c1-2-18(16-17-13(10-21-16)15(19)20)14-9-5-7-11-6-3-4-8-12(11)14/h3-10H,2H2,1H3,(H,19,20). The molecule has 0 spiro atoms. The second-order valence-corrected chi connectivity index (χ2v) is 4.56. The maximum Gasteiger partial charge on any atom is 0.357 e. The summed E-state index contributed by atoms with van der Waals surface area (Å²) in [6.07, 6.45) is 1.16. The average molecular weight is 282 g/mol. The molecule has 1 N–H and O–H groups in total. The smallest absolute Gasteiger partial charge is 0.357 e. The molecule has 106 valence electrons. The largest absolute Gasteiger partial charge is 0.476 e. The third-order valence-electron chi connectivity index (χ3n) is 3.32. The van der Waals surface area contributed by atoms with Crippen molar-refractivity contribution in [1.82, 2.24) is 4.98 Å². The summed E-state index contributed by atoms with van der Waals surface area (Å²) in [6, 6.07) is 14.3. The van der Waals surface area contributed by atoms with Crippen LogP contribution in [0.2, 0.25) is 0 Å². The lowest BCUT2D eigenvalue weighted by Crippen LogP contribution is -2.17. The predicted octanol–water partition coefficient (Wildman–Crippen LogP) is 3.68. The summed E-state index contributed by atoms with van der Waals surface area (Å²) in [5.74, 6) is -1.10. The van der Waals surface area contributed by atoms with Crippen LogP contribution in [0, 0.1) is 0 Å².